The predicted octanol–water partition coefficient (Wildman–Crippen LogP) is 1.16. The van der Waals surface area contributed by atoms with Crippen LogP contribution in [0.4, 0.5) is 0 Å². The van der Waals surface area contributed by atoms with Crippen LogP contribution in [-0.4, -0.2) is 27.6 Å². The van der Waals surface area contributed by atoms with Crippen molar-refractivity contribution in [3.05, 3.63) is 41.1 Å². The Bertz CT molecular complexity index is 566. The van der Waals surface area contributed by atoms with Crippen LogP contribution in [-0.2, 0) is 0 Å². The SMILES string of the molecule is O=c1[nH]c(-c2ccccn2)cn1C1CCNCC1. The van der Waals surface area contributed by atoms with Gasteiger partial charge < -0.3 is 10.3 Å². The van der Waals surface area contributed by atoms with Gasteiger partial charge >= 0.3 is 5.69 Å². The Balaban J connectivity index is 1.93. The first-order valence-electron chi connectivity index (χ1n) is 6.28. The average molecular weight is 244 g/mol. The molecule has 2 aromatic heterocycles. The van der Waals surface area contributed by atoms with E-state index in [1.807, 2.05) is 29.0 Å². The molecular formula is C13H16N4O. The highest BCUT2D eigenvalue weighted by Gasteiger charge is 2.17. The number of piperidine rings is 1. The normalized spacial score (nSPS) is 16.9. The Hall–Kier alpha value is -1.88. The average Bonchev–Trinajstić information content (AvgIpc) is 2.83. The number of imidazole rings is 1. The van der Waals surface area contributed by atoms with Crippen LogP contribution in [0.25, 0.3) is 11.4 Å². The van der Waals surface area contributed by atoms with Crippen molar-refractivity contribution in [2.24, 2.45) is 0 Å². The molecule has 0 radical (unpaired) electrons. The van der Waals surface area contributed by atoms with Crippen LogP contribution in [0.1, 0.15) is 18.9 Å². The van der Waals surface area contributed by atoms with Gasteiger partial charge in [0.15, 0.2) is 0 Å². The van der Waals surface area contributed by atoms with E-state index in [0.717, 1.165) is 37.3 Å². The third kappa shape index (κ3) is 2.09. The van der Waals surface area contributed by atoms with Gasteiger partial charge in [-0.1, -0.05) is 6.07 Å². The van der Waals surface area contributed by atoms with Crippen LogP contribution < -0.4 is 11.0 Å². The molecule has 0 saturated carbocycles. The second kappa shape index (κ2) is 4.78. The number of aromatic nitrogens is 3. The number of H-pyrrole nitrogens is 1. The van der Waals surface area contributed by atoms with E-state index in [0.29, 0.717) is 6.04 Å². The minimum absolute atomic E-state index is 0.0393. The molecule has 94 valence electrons. The molecule has 1 saturated heterocycles. The monoisotopic (exact) mass is 244 g/mol. The number of aromatic amines is 1. The Morgan fingerprint density at radius 1 is 1.28 bits per heavy atom. The lowest BCUT2D eigenvalue weighted by atomic mass is 10.1. The molecule has 2 N–H and O–H groups in total. The Labute approximate surface area is 105 Å². The first-order valence-corrected chi connectivity index (χ1v) is 6.28. The summed E-state index contributed by atoms with van der Waals surface area (Å²) in [5, 5.41) is 3.30. The molecule has 3 heterocycles. The minimum Gasteiger partial charge on any atom is -0.317 e. The van der Waals surface area contributed by atoms with Crippen molar-refractivity contribution in [3.63, 3.8) is 0 Å². The zero-order chi connectivity index (χ0) is 12.4. The second-order valence-corrected chi connectivity index (χ2v) is 4.58. The van der Waals surface area contributed by atoms with Crippen molar-refractivity contribution in [1.29, 1.82) is 0 Å². The van der Waals surface area contributed by atoms with Crippen LogP contribution in [0, 0.1) is 0 Å². The highest BCUT2D eigenvalue weighted by molar-refractivity contribution is 5.52. The second-order valence-electron chi connectivity index (χ2n) is 4.58. The van der Waals surface area contributed by atoms with Gasteiger partial charge in [0.1, 0.15) is 0 Å². The maximum Gasteiger partial charge on any atom is 0.326 e. The van der Waals surface area contributed by atoms with E-state index in [-0.39, 0.29) is 5.69 Å². The van der Waals surface area contributed by atoms with Gasteiger partial charge in [0, 0.05) is 18.4 Å². The molecule has 0 amide bonds. The Morgan fingerprint density at radius 2 is 2.11 bits per heavy atom. The number of hydrogen-bond acceptors (Lipinski definition) is 3. The molecule has 5 heteroatoms. The smallest absolute Gasteiger partial charge is 0.317 e. The van der Waals surface area contributed by atoms with Gasteiger partial charge in [-0.15, -0.1) is 0 Å². The quantitative estimate of drug-likeness (QED) is 0.833. The van der Waals surface area contributed by atoms with E-state index in [9.17, 15) is 4.79 Å². The van der Waals surface area contributed by atoms with Crippen LogP contribution >= 0.6 is 0 Å². The van der Waals surface area contributed by atoms with Crippen LogP contribution in [0.2, 0.25) is 0 Å². The summed E-state index contributed by atoms with van der Waals surface area (Å²) in [6, 6.07) is 5.99. The van der Waals surface area contributed by atoms with Crippen LogP contribution in [0.5, 0.6) is 0 Å². The summed E-state index contributed by atoms with van der Waals surface area (Å²) < 4.78 is 1.81. The van der Waals surface area contributed by atoms with Gasteiger partial charge in [0.25, 0.3) is 0 Å². The largest absolute Gasteiger partial charge is 0.326 e. The maximum absolute atomic E-state index is 12.0. The molecule has 5 nitrogen and oxygen atoms in total. The molecule has 1 fully saturated rings. The minimum atomic E-state index is -0.0393. The van der Waals surface area contributed by atoms with Crippen LogP contribution in [0.3, 0.4) is 0 Å². The molecule has 0 aromatic carbocycles. The third-order valence-corrected chi connectivity index (χ3v) is 3.39. The lowest BCUT2D eigenvalue weighted by molar-refractivity contribution is 0.361. The number of nitrogens with zero attached hydrogens (tertiary/aromatic N) is 2. The zero-order valence-electron chi connectivity index (χ0n) is 10.1. The van der Waals surface area contributed by atoms with Gasteiger partial charge in [0.2, 0.25) is 0 Å². The van der Waals surface area contributed by atoms with Crippen molar-refractivity contribution in [3.8, 4) is 11.4 Å². The van der Waals surface area contributed by atoms with Crippen LogP contribution in [0.15, 0.2) is 35.4 Å². The molecule has 1 aliphatic rings. The Kier molecular flexibility index (Phi) is 2.98. The highest BCUT2D eigenvalue weighted by Crippen LogP contribution is 2.19. The number of pyridine rings is 1. The molecule has 0 bridgehead atoms. The summed E-state index contributed by atoms with van der Waals surface area (Å²) in [6.45, 7) is 1.95. The van der Waals surface area contributed by atoms with E-state index < -0.39 is 0 Å². The predicted molar refractivity (Wildman–Crippen MR) is 69.4 cm³/mol. The van der Waals surface area contributed by atoms with Gasteiger partial charge in [-0.05, 0) is 38.1 Å². The molecule has 1 aliphatic heterocycles. The first kappa shape index (κ1) is 11.2. The van der Waals surface area contributed by atoms with Gasteiger partial charge in [-0.25, -0.2) is 4.79 Å². The number of rotatable bonds is 2. The molecule has 2 aromatic rings. The summed E-state index contributed by atoms with van der Waals surface area (Å²) in [5.74, 6) is 0. The van der Waals surface area contributed by atoms with Crippen molar-refractivity contribution in [2.45, 2.75) is 18.9 Å². The standard InChI is InChI=1S/C13H16N4O/c18-13-16-12(11-3-1-2-6-15-11)9-17(13)10-4-7-14-8-5-10/h1-3,6,9-10,14H,4-5,7-8H2,(H,16,18). The molecule has 3 rings (SSSR count). The fourth-order valence-electron chi connectivity index (χ4n) is 2.42. The van der Waals surface area contributed by atoms with Gasteiger partial charge in [-0.2, -0.15) is 0 Å². The summed E-state index contributed by atoms with van der Waals surface area (Å²) in [4.78, 5) is 19.1. The third-order valence-electron chi connectivity index (χ3n) is 3.39. The molecule has 0 atom stereocenters. The number of hydrogen-bond donors (Lipinski definition) is 2. The number of nitrogens with one attached hydrogen (secondary N) is 2. The molecule has 0 unspecified atom stereocenters. The summed E-state index contributed by atoms with van der Waals surface area (Å²) in [6.07, 6.45) is 5.62. The van der Waals surface area contributed by atoms with E-state index >= 15 is 0 Å². The van der Waals surface area contributed by atoms with Crippen molar-refractivity contribution >= 4 is 0 Å². The highest BCUT2D eigenvalue weighted by atomic mass is 16.1. The topological polar surface area (TPSA) is 62.7 Å². The maximum atomic E-state index is 12.0. The van der Waals surface area contributed by atoms with Gasteiger partial charge in [-0.3, -0.25) is 9.55 Å². The van der Waals surface area contributed by atoms with E-state index in [1.54, 1.807) is 6.20 Å². The summed E-state index contributed by atoms with van der Waals surface area (Å²) >= 11 is 0. The van der Waals surface area contributed by atoms with Crippen molar-refractivity contribution in [2.75, 3.05) is 13.1 Å². The molecule has 18 heavy (non-hydrogen) atoms. The van der Waals surface area contributed by atoms with Gasteiger partial charge in [0.05, 0.1) is 11.4 Å². The summed E-state index contributed by atoms with van der Waals surface area (Å²) in [5.41, 5.74) is 1.56. The Morgan fingerprint density at radius 3 is 2.83 bits per heavy atom. The van der Waals surface area contributed by atoms with Crippen molar-refractivity contribution < 1.29 is 0 Å². The molecule has 0 spiro atoms. The molecular weight excluding hydrogens is 228 g/mol. The fourth-order valence-corrected chi connectivity index (χ4v) is 2.42. The summed E-state index contributed by atoms with van der Waals surface area (Å²) in [7, 11) is 0. The molecule has 0 aliphatic carbocycles. The fraction of sp³-hybridized carbons (Fsp3) is 0.385. The van der Waals surface area contributed by atoms with E-state index in [1.165, 1.54) is 0 Å². The first-order chi connectivity index (χ1) is 8.84. The van der Waals surface area contributed by atoms with E-state index in [4.69, 9.17) is 0 Å². The lowest BCUT2D eigenvalue weighted by Gasteiger charge is -2.22. The van der Waals surface area contributed by atoms with E-state index in [2.05, 4.69) is 15.3 Å². The lowest BCUT2D eigenvalue weighted by Crippen LogP contribution is -2.32. The zero-order valence-corrected chi connectivity index (χ0v) is 10.1. The van der Waals surface area contributed by atoms with Crippen molar-refractivity contribution in [1.82, 2.24) is 19.9 Å².